The topological polar surface area (TPSA) is 103 Å². The van der Waals surface area contributed by atoms with Crippen LogP contribution in [0.5, 0.6) is 5.75 Å². The van der Waals surface area contributed by atoms with Crippen molar-refractivity contribution in [1.82, 2.24) is 4.98 Å². The lowest BCUT2D eigenvalue weighted by Crippen LogP contribution is -2.09. The molecule has 18 heavy (non-hydrogen) atoms. The van der Waals surface area contributed by atoms with Crippen LogP contribution in [0.25, 0.3) is 0 Å². The molecule has 0 aliphatic heterocycles. The van der Waals surface area contributed by atoms with Gasteiger partial charge in [-0.15, -0.1) is 0 Å². The monoisotopic (exact) mass is 262 g/mol. The van der Waals surface area contributed by atoms with Gasteiger partial charge in [-0.1, -0.05) is 0 Å². The molecule has 0 atom stereocenters. The van der Waals surface area contributed by atoms with Crippen molar-refractivity contribution in [2.45, 2.75) is 12.8 Å². The fraction of sp³-hybridized carbons (Fsp3) is 0.333. The molecule has 0 saturated heterocycles. The Hall–Kier alpha value is -2.32. The highest BCUT2D eigenvalue weighted by atomic mass is 19.3. The first-order valence-corrected chi connectivity index (χ1v) is 4.59. The van der Waals surface area contributed by atoms with Gasteiger partial charge in [0.05, 0.1) is 12.7 Å². The quantitative estimate of drug-likeness (QED) is 0.499. The van der Waals surface area contributed by atoms with Gasteiger partial charge in [0.25, 0.3) is 6.43 Å². The summed E-state index contributed by atoms with van der Waals surface area (Å²) in [4.78, 5) is 23.8. The Morgan fingerprint density at radius 3 is 2.72 bits per heavy atom. The number of halogens is 2. The van der Waals surface area contributed by atoms with Crippen LogP contribution in [0, 0.1) is 10.1 Å². The predicted molar refractivity (Wildman–Crippen MR) is 53.2 cm³/mol. The number of alkyl halides is 2. The number of carbonyl (C=O) groups excluding carboxylic acids is 1. The van der Waals surface area contributed by atoms with Gasteiger partial charge in [-0.2, -0.15) is 0 Å². The average Bonchev–Trinajstić information content (AvgIpc) is 2.30. The number of pyridine rings is 1. The van der Waals surface area contributed by atoms with Crippen LogP contribution in [0.15, 0.2) is 6.07 Å². The van der Waals surface area contributed by atoms with Crippen molar-refractivity contribution < 1.29 is 28.3 Å². The number of nitro groups is 1. The van der Waals surface area contributed by atoms with Gasteiger partial charge in [0, 0.05) is 6.07 Å². The lowest BCUT2D eigenvalue weighted by atomic mass is 10.1. The summed E-state index contributed by atoms with van der Waals surface area (Å²) in [6.07, 6.45) is -3.76. The van der Waals surface area contributed by atoms with Crippen LogP contribution >= 0.6 is 0 Å². The van der Waals surface area contributed by atoms with Crippen molar-refractivity contribution in [3.05, 3.63) is 27.4 Å². The largest absolute Gasteiger partial charge is 0.504 e. The Bertz CT molecular complexity index is 492. The van der Waals surface area contributed by atoms with E-state index in [0.717, 1.165) is 7.11 Å². The summed E-state index contributed by atoms with van der Waals surface area (Å²) in [6, 6.07) is 0.459. The zero-order chi connectivity index (χ0) is 13.9. The van der Waals surface area contributed by atoms with Gasteiger partial charge < -0.3 is 20.0 Å². The molecule has 1 N–H and O–H groups in total. The Balaban J connectivity index is 3.31. The fourth-order valence-corrected chi connectivity index (χ4v) is 1.19. The maximum atomic E-state index is 12.5. The number of hydrogen-bond acceptors (Lipinski definition) is 6. The zero-order valence-electron chi connectivity index (χ0n) is 9.09. The van der Waals surface area contributed by atoms with Gasteiger partial charge in [0.2, 0.25) is 5.69 Å². The van der Waals surface area contributed by atoms with Gasteiger partial charge in [0.1, 0.15) is 6.42 Å². The van der Waals surface area contributed by atoms with Crippen molar-refractivity contribution in [1.29, 1.82) is 0 Å². The highest BCUT2D eigenvalue weighted by Crippen LogP contribution is 2.33. The van der Waals surface area contributed by atoms with E-state index >= 15 is 0 Å². The molecule has 0 bridgehead atoms. The minimum absolute atomic E-state index is 0.459. The van der Waals surface area contributed by atoms with E-state index in [1.54, 1.807) is 0 Å². The van der Waals surface area contributed by atoms with Gasteiger partial charge in [0.15, 0.2) is 5.75 Å². The van der Waals surface area contributed by atoms with Crippen LogP contribution in [0.4, 0.5) is 14.6 Å². The molecule has 1 aromatic rings. The predicted octanol–water partition coefficient (Wildman–Crippen LogP) is 1.35. The number of aromatic hydroxyl groups is 1. The van der Waals surface area contributed by atoms with Gasteiger partial charge in [-0.3, -0.25) is 4.79 Å². The fourth-order valence-electron chi connectivity index (χ4n) is 1.19. The number of ether oxygens (including phenoxy) is 1. The van der Waals surface area contributed by atoms with Crippen molar-refractivity contribution >= 4 is 11.8 Å². The van der Waals surface area contributed by atoms with Crippen LogP contribution in [0.1, 0.15) is 17.7 Å². The summed E-state index contributed by atoms with van der Waals surface area (Å²) in [7, 11) is 1.05. The van der Waals surface area contributed by atoms with Gasteiger partial charge in [-0.25, -0.2) is 8.78 Å². The average molecular weight is 262 g/mol. The zero-order valence-corrected chi connectivity index (χ0v) is 9.09. The van der Waals surface area contributed by atoms with Crippen molar-refractivity contribution in [3.63, 3.8) is 0 Å². The second-order valence-electron chi connectivity index (χ2n) is 3.18. The van der Waals surface area contributed by atoms with Crippen LogP contribution in [0.3, 0.4) is 0 Å². The summed E-state index contributed by atoms with van der Waals surface area (Å²) >= 11 is 0. The Labute approximate surface area is 99.2 Å². The molecule has 0 aliphatic rings. The normalized spacial score (nSPS) is 10.4. The number of esters is 1. The molecule has 0 saturated carbocycles. The molecule has 0 aliphatic carbocycles. The Morgan fingerprint density at radius 1 is 1.67 bits per heavy atom. The summed E-state index contributed by atoms with van der Waals surface area (Å²) in [5.41, 5.74) is -1.47. The van der Waals surface area contributed by atoms with E-state index in [-0.39, 0.29) is 0 Å². The third-order valence-corrected chi connectivity index (χ3v) is 2.04. The highest BCUT2D eigenvalue weighted by molar-refractivity contribution is 5.73. The summed E-state index contributed by atoms with van der Waals surface area (Å²) in [5.74, 6) is -2.68. The molecule has 1 rings (SSSR count). The second-order valence-corrected chi connectivity index (χ2v) is 3.18. The maximum Gasteiger partial charge on any atom is 0.364 e. The first kappa shape index (κ1) is 13.7. The molecule has 0 spiro atoms. The van der Waals surface area contributed by atoms with E-state index in [1.165, 1.54) is 0 Å². The first-order chi connectivity index (χ1) is 8.36. The number of nitrogens with zero attached hydrogens (tertiary/aromatic N) is 2. The second kappa shape index (κ2) is 5.34. The Kier molecular flexibility index (Phi) is 4.08. The number of carbonyl (C=O) groups is 1. The third kappa shape index (κ3) is 2.87. The summed E-state index contributed by atoms with van der Waals surface area (Å²) < 4.78 is 29.4. The molecule has 1 heterocycles. The maximum absolute atomic E-state index is 12.5. The van der Waals surface area contributed by atoms with Crippen molar-refractivity contribution in [3.8, 4) is 5.75 Å². The lowest BCUT2D eigenvalue weighted by molar-refractivity contribution is -0.389. The molecular formula is C9H8F2N2O5. The van der Waals surface area contributed by atoms with E-state index in [4.69, 9.17) is 0 Å². The lowest BCUT2D eigenvalue weighted by Gasteiger charge is -2.05. The van der Waals surface area contributed by atoms with E-state index in [1.807, 2.05) is 0 Å². The molecule has 0 amide bonds. The van der Waals surface area contributed by atoms with Crippen LogP contribution in [0.2, 0.25) is 0 Å². The molecule has 9 heteroatoms. The van der Waals surface area contributed by atoms with Crippen LogP contribution < -0.4 is 0 Å². The number of methoxy groups -OCH3 is 1. The van der Waals surface area contributed by atoms with E-state index in [9.17, 15) is 28.8 Å². The number of aromatic nitrogens is 1. The number of rotatable bonds is 4. The molecule has 0 fully saturated rings. The van der Waals surface area contributed by atoms with E-state index < -0.39 is 46.6 Å². The van der Waals surface area contributed by atoms with Gasteiger partial charge in [-0.05, 0) is 9.91 Å². The first-order valence-electron chi connectivity index (χ1n) is 4.59. The van der Waals surface area contributed by atoms with Crippen LogP contribution in [-0.2, 0) is 16.0 Å². The molecule has 0 unspecified atom stereocenters. The smallest absolute Gasteiger partial charge is 0.364 e. The molecule has 7 nitrogen and oxygen atoms in total. The van der Waals surface area contributed by atoms with Crippen molar-refractivity contribution in [2.75, 3.05) is 7.11 Å². The minimum atomic E-state index is -3.12. The van der Waals surface area contributed by atoms with Crippen molar-refractivity contribution in [2.24, 2.45) is 0 Å². The van der Waals surface area contributed by atoms with Gasteiger partial charge >= 0.3 is 11.8 Å². The SMILES string of the molecule is COC(=O)Cc1nc([N+](=O)[O-])cc(C(F)F)c1O. The molecule has 0 radical (unpaired) electrons. The molecule has 1 aromatic heterocycles. The molecular weight excluding hydrogens is 254 g/mol. The molecule has 0 aromatic carbocycles. The Morgan fingerprint density at radius 2 is 2.28 bits per heavy atom. The standard InChI is InChI=1S/C9H8F2N2O5/c1-18-7(14)3-5-8(15)4(9(10)11)2-6(12-5)13(16)17/h2,9,15H,3H2,1H3. The summed E-state index contributed by atoms with van der Waals surface area (Å²) in [5, 5.41) is 19.9. The highest BCUT2D eigenvalue weighted by Gasteiger charge is 2.26. The molecule has 98 valence electrons. The number of hydrogen-bond donors (Lipinski definition) is 1. The summed E-state index contributed by atoms with van der Waals surface area (Å²) in [6.45, 7) is 0. The van der Waals surface area contributed by atoms with E-state index in [2.05, 4.69) is 9.72 Å². The van der Waals surface area contributed by atoms with E-state index in [0.29, 0.717) is 6.07 Å². The minimum Gasteiger partial charge on any atom is -0.504 e. The van der Waals surface area contributed by atoms with Crippen LogP contribution in [-0.4, -0.2) is 28.1 Å². The third-order valence-electron chi connectivity index (χ3n) is 2.04.